The van der Waals surface area contributed by atoms with Gasteiger partial charge in [-0.2, -0.15) is 0 Å². The summed E-state index contributed by atoms with van der Waals surface area (Å²) in [5.41, 5.74) is 2.38. The number of morpholine rings is 1. The second-order valence-electron chi connectivity index (χ2n) is 7.21. The Morgan fingerprint density at radius 2 is 1.84 bits per heavy atom. The summed E-state index contributed by atoms with van der Waals surface area (Å²) in [6, 6.07) is 14.7. The van der Waals surface area contributed by atoms with E-state index in [0.717, 1.165) is 41.0 Å². The van der Waals surface area contributed by atoms with Crippen LogP contribution in [0.4, 0.5) is 16.2 Å². The third-order valence-corrected chi connectivity index (χ3v) is 6.03. The Labute approximate surface area is 190 Å². The van der Waals surface area contributed by atoms with Crippen LogP contribution < -0.4 is 15.0 Å². The summed E-state index contributed by atoms with van der Waals surface area (Å²) in [6.07, 6.45) is 1.67. The molecule has 0 unspecified atom stereocenters. The number of hydrogen-bond donors (Lipinski definition) is 1. The number of thioether (sulfide) groups is 1. The van der Waals surface area contributed by atoms with Crippen molar-refractivity contribution >= 4 is 46.3 Å². The SMILES string of the molecule is COc1ccccc1NC(=O)CN1C(=O)S/C(=C/c2ccc(N3CCOCC3)cc2)C1=O. The van der Waals surface area contributed by atoms with E-state index >= 15 is 0 Å². The van der Waals surface area contributed by atoms with Crippen molar-refractivity contribution in [1.29, 1.82) is 0 Å². The number of ether oxygens (including phenoxy) is 2. The molecule has 166 valence electrons. The number of amides is 3. The van der Waals surface area contributed by atoms with Crippen LogP contribution in [-0.2, 0) is 14.3 Å². The average molecular weight is 454 g/mol. The molecule has 0 aliphatic carbocycles. The van der Waals surface area contributed by atoms with Crippen LogP contribution in [0, 0.1) is 0 Å². The highest BCUT2D eigenvalue weighted by molar-refractivity contribution is 8.18. The first kappa shape index (κ1) is 21.9. The molecule has 2 aromatic carbocycles. The highest BCUT2D eigenvalue weighted by Crippen LogP contribution is 2.32. The van der Waals surface area contributed by atoms with Gasteiger partial charge in [-0.3, -0.25) is 19.3 Å². The Bertz CT molecular complexity index is 1050. The minimum absolute atomic E-state index is 0.291. The summed E-state index contributed by atoms with van der Waals surface area (Å²) in [5, 5.41) is 2.21. The molecule has 2 saturated heterocycles. The van der Waals surface area contributed by atoms with Crippen molar-refractivity contribution in [2.24, 2.45) is 0 Å². The van der Waals surface area contributed by atoms with Crippen LogP contribution in [0.25, 0.3) is 6.08 Å². The Balaban J connectivity index is 1.40. The van der Waals surface area contributed by atoms with Crippen LogP contribution in [0.1, 0.15) is 5.56 Å². The first-order valence-electron chi connectivity index (χ1n) is 10.2. The normalized spacial score (nSPS) is 17.7. The van der Waals surface area contributed by atoms with E-state index in [2.05, 4.69) is 10.2 Å². The molecule has 0 aromatic heterocycles. The molecule has 9 heteroatoms. The molecule has 32 heavy (non-hydrogen) atoms. The third-order valence-electron chi connectivity index (χ3n) is 5.12. The molecular formula is C23H23N3O5S. The standard InChI is InChI=1S/C23H23N3O5S/c1-30-19-5-3-2-4-18(19)24-21(27)15-26-22(28)20(32-23(26)29)14-16-6-8-17(9-7-16)25-10-12-31-13-11-25/h2-9,14H,10-13,15H2,1H3,(H,24,27)/b20-14+. The zero-order chi connectivity index (χ0) is 22.5. The summed E-state index contributed by atoms with van der Waals surface area (Å²) < 4.78 is 10.6. The van der Waals surface area contributed by atoms with E-state index in [0.29, 0.717) is 29.6 Å². The Kier molecular flexibility index (Phi) is 6.77. The lowest BCUT2D eigenvalue weighted by atomic mass is 10.1. The molecule has 0 saturated carbocycles. The predicted octanol–water partition coefficient (Wildman–Crippen LogP) is 3.21. The number of rotatable bonds is 6. The highest BCUT2D eigenvalue weighted by Gasteiger charge is 2.36. The van der Waals surface area contributed by atoms with Gasteiger partial charge in [-0.05, 0) is 47.7 Å². The monoisotopic (exact) mass is 453 g/mol. The van der Waals surface area contributed by atoms with Crippen LogP contribution in [0.15, 0.2) is 53.4 Å². The molecule has 2 aliphatic heterocycles. The lowest BCUT2D eigenvalue weighted by Crippen LogP contribution is -2.36. The molecule has 2 aromatic rings. The molecule has 4 rings (SSSR count). The van der Waals surface area contributed by atoms with Gasteiger partial charge in [-0.15, -0.1) is 0 Å². The first-order chi connectivity index (χ1) is 15.5. The molecule has 3 amide bonds. The van der Waals surface area contributed by atoms with E-state index in [-0.39, 0.29) is 6.54 Å². The number of benzene rings is 2. The summed E-state index contributed by atoms with van der Waals surface area (Å²) in [5.74, 6) is -0.462. The van der Waals surface area contributed by atoms with E-state index < -0.39 is 17.1 Å². The number of methoxy groups -OCH3 is 1. The van der Waals surface area contributed by atoms with Crippen LogP contribution >= 0.6 is 11.8 Å². The fraction of sp³-hybridized carbons (Fsp3) is 0.261. The molecule has 0 spiro atoms. The van der Waals surface area contributed by atoms with Gasteiger partial charge < -0.3 is 19.7 Å². The van der Waals surface area contributed by atoms with Crippen LogP contribution in [0.2, 0.25) is 0 Å². The van der Waals surface area contributed by atoms with Crippen molar-refractivity contribution in [2.75, 3.05) is 50.2 Å². The van der Waals surface area contributed by atoms with Crippen LogP contribution in [-0.4, -0.2) is 61.9 Å². The fourth-order valence-corrected chi connectivity index (χ4v) is 4.31. The van der Waals surface area contributed by atoms with Crippen LogP contribution in [0.3, 0.4) is 0 Å². The van der Waals surface area contributed by atoms with Crippen LogP contribution in [0.5, 0.6) is 5.75 Å². The molecule has 2 heterocycles. The molecule has 2 aliphatic rings. The largest absolute Gasteiger partial charge is 0.495 e. The molecule has 0 radical (unpaired) electrons. The van der Waals surface area contributed by atoms with E-state index in [1.807, 2.05) is 24.3 Å². The van der Waals surface area contributed by atoms with E-state index in [1.165, 1.54) is 7.11 Å². The molecule has 8 nitrogen and oxygen atoms in total. The number of anilines is 2. The number of nitrogens with one attached hydrogen (secondary N) is 1. The predicted molar refractivity (Wildman–Crippen MR) is 124 cm³/mol. The smallest absolute Gasteiger partial charge is 0.294 e. The van der Waals surface area contributed by atoms with Crippen molar-refractivity contribution in [3.63, 3.8) is 0 Å². The molecule has 0 bridgehead atoms. The van der Waals surface area contributed by atoms with Gasteiger partial charge in [0.25, 0.3) is 11.1 Å². The number of carbonyl (C=O) groups excluding carboxylic acids is 3. The van der Waals surface area contributed by atoms with Gasteiger partial charge in [0.15, 0.2) is 0 Å². The lowest BCUT2D eigenvalue weighted by Gasteiger charge is -2.28. The lowest BCUT2D eigenvalue weighted by molar-refractivity contribution is -0.127. The molecule has 1 N–H and O–H groups in total. The number of hydrogen-bond acceptors (Lipinski definition) is 7. The van der Waals surface area contributed by atoms with Gasteiger partial charge in [-0.25, -0.2) is 0 Å². The topological polar surface area (TPSA) is 88.2 Å². The Hall–Kier alpha value is -3.30. The Morgan fingerprint density at radius 1 is 1.12 bits per heavy atom. The van der Waals surface area contributed by atoms with Gasteiger partial charge in [-0.1, -0.05) is 24.3 Å². The van der Waals surface area contributed by atoms with Gasteiger partial charge in [0.2, 0.25) is 5.91 Å². The zero-order valence-electron chi connectivity index (χ0n) is 17.6. The van der Waals surface area contributed by atoms with Crippen molar-refractivity contribution < 1.29 is 23.9 Å². The maximum absolute atomic E-state index is 12.7. The molecule has 0 atom stereocenters. The number of carbonyl (C=O) groups is 3. The van der Waals surface area contributed by atoms with Crippen molar-refractivity contribution in [2.45, 2.75) is 0 Å². The average Bonchev–Trinajstić information content (AvgIpc) is 3.07. The highest BCUT2D eigenvalue weighted by atomic mass is 32.2. The maximum Gasteiger partial charge on any atom is 0.294 e. The second kappa shape index (κ2) is 9.88. The summed E-state index contributed by atoms with van der Waals surface area (Å²) in [4.78, 5) is 41.0. The Morgan fingerprint density at radius 3 is 2.56 bits per heavy atom. The summed E-state index contributed by atoms with van der Waals surface area (Å²) in [6.45, 7) is 2.74. The van der Waals surface area contributed by atoms with Crippen molar-refractivity contribution in [1.82, 2.24) is 4.90 Å². The number of nitrogens with zero attached hydrogens (tertiary/aromatic N) is 2. The fourth-order valence-electron chi connectivity index (χ4n) is 3.47. The van der Waals surface area contributed by atoms with E-state index in [4.69, 9.17) is 9.47 Å². The summed E-state index contributed by atoms with van der Waals surface area (Å²) in [7, 11) is 1.50. The first-order valence-corrected chi connectivity index (χ1v) is 11.0. The van der Waals surface area contributed by atoms with Crippen molar-refractivity contribution in [3.05, 3.63) is 59.0 Å². The molecule has 2 fully saturated rings. The minimum Gasteiger partial charge on any atom is -0.495 e. The summed E-state index contributed by atoms with van der Waals surface area (Å²) >= 11 is 0.832. The number of para-hydroxylation sites is 2. The van der Waals surface area contributed by atoms with Gasteiger partial charge in [0, 0.05) is 18.8 Å². The third kappa shape index (κ3) is 4.95. The second-order valence-corrected chi connectivity index (χ2v) is 8.20. The van der Waals surface area contributed by atoms with Gasteiger partial charge >= 0.3 is 0 Å². The molecular weight excluding hydrogens is 430 g/mol. The van der Waals surface area contributed by atoms with Gasteiger partial charge in [0.05, 0.1) is 30.9 Å². The van der Waals surface area contributed by atoms with E-state index in [1.54, 1.807) is 30.3 Å². The van der Waals surface area contributed by atoms with Gasteiger partial charge in [0.1, 0.15) is 12.3 Å². The van der Waals surface area contributed by atoms with Crippen molar-refractivity contribution in [3.8, 4) is 5.75 Å². The quantitative estimate of drug-likeness (QED) is 0.672. The maximum atomic E-state index is 12.7. The minimum atomic E-state index is -0.479. The zero-order valence-corrected chi connectivity index (χ0v) is 18.4. The van der Waals surface area contributed by atoms with E-state index in [9.17, 15) is 14.4 Å². The number of imide groups is 1.